The highest BCUT2D eigenvalue weighted by atomic mass is 16.5. The molecule has 0 aliphatic carbocycles. The Kier molecular flexibility index (Phi) is 6.21. The molecule has 0 atom stereocenters. The molecular weight excluding hydrogens is 184 g/mol. The Labute approximate surface area is 83.6 Å². The smallest absolute Gasteiger partial charge is 0.320 e. The molecule has 0 aromatic rings. The lowest BCUT2D eigenvalue weighted by Crippen LogP contribution is -2.26. The van der Waals surface area contributed by atoms with Crippen LogP contribution in [0.2, 0.25) is 0 Å². The van der Waals surface area contributed by atoms with Gasteiger partial charge >= 0.3 is 11.9 Å². The van der Waals surface area contributed by atoms with Crippen LogP contribution in [0.1, 0.15) is 19.3 Å². The number of hydrogen-bond donors (Lipinski definition) is 0. The van der Waals surface area contributed by atoms with Crippen molar-refractivity contribution in [1.29, 1.82) is 0 Å². The first kappa shape index (κ1) is 12.5. The average Bonchev–Trinajstić information content (AvgIpc) is 2.22. The Morgan fingerprint density at radius 1 is 1.29 bits per heavy atom. The zero-order valence-corrected chi connectivity index (χ0v) is 8.41. The summed E-state index contributed by atoms with van der Waals surface area (Å²) in [5.41, 5.74) is 0. The van der Waals surface area contributed by atoms with Gasteiger partial charge in [-0.05, 0) is 12.8 Å². The molecule has 0 unspecified atom stereocenters. The lowest BCUT2D eigenvalue weighted by atomic mass is 10.0. The van der Waals surface area contributed by atoms with E-state index in [1.165, 1.54) is 14.2 Å². The molecule has 0 amide bonds. The standard InChI is InChI=1S/C10H14O4/c1-4-5-6-7-8(9(11)13-2)10(12)14-3/h1,8H,5-7H2,2-3H3. The number of ether oxygens (including phenoxy) is 2. The van der Waals surface area contributed by atoms with E-state index in [1.807, 2.05) is 0 Å². The van der Waals surface area contributed by atoms with Crippen LogP contribution in [-0.2, 0) is 19.1 Å². The van der Waals surface area contributed by atoms with Gasteiger partial charge in [0.1, 0.15) is 0 Å². The highest BCUT2D eigenvalue weighted by Crippen LogP contribution is 2.11. The van der Waals surface area contributed by atoms with Crippen LogP contribution in [0, 0.1) is 18.3 Å². The third-order valence-electron chi connectivity index (χ3n) is 1.79. The van der Waals surface area contributed by atoms with Crippen molar-refractivity contribution in [3.63, 3.8) is 0 Å². The van der Waals surface area contributed by atoms with E-state index in [0.717, 1.165) is 0 Å². The normalized spacial score (nSPS) is 9.29. The fraction of sp³-hybridized carbons (Fsp3) is 0.600. The van der Waals surface area contributed by atoms with Crippen LogP contribution in [0.3, 0.4) is 0 Å². The van der Waals surface area contributed by atoms with Crippen molar-refractivity contribution in [1.82, 2.24) is 0 Å². The van der Waals surface area contributed by atoms with Crippen molar-refractivity contribution in [2.75, 3.05) is 14.2 Å². The zero-order valence-electron chi connectivity index (χ0n) is 8.41. The van der Waals surface area contributed by atoms with Crippen molar-refractivity contribution < 1.29 is 19.1 Å². The second kappa shape index (κ2) is 6.96. The largest absolute Gasteiger partial charge is 0.468 e. The number of rotatable bonds is 5. The van der Waals surface area contributed by atoms with E-state index in [2.05, 4.69) is 15.4 Å². The molecule has 0 spiro atoms. The molecule has 0 heterocycles. The number of terminal acetylenes is 1. The van der Waals surface area contributed by atoms with Crippen LogP contribution < -0.4 is 0 Å². The van der Waals surface area contributed by atoms with Crippen LogP contribution in [0.25, 0.3) is 0 Å². The SMILES string of the molecule is C#CCCCC(C(=O)OC)C(=O)OC. The van der Waals surface area contributed by atoms with E-state index >= 15 is 0 Å². The summed E-state index contributed by atoms with van der Waals surface area (Å²) >= 11 is 0. The second-order valence-corrected chi connectivity index (χ2v) is 2.70. The highest BCUT2D eigenvalue weighted by molar-refractivity contribution is 5.94. The number of methoxy groups -OCH3 is 2. The Bertz CT molecular complexity index is 223. The van der Waals surface area contributed by atoms with E-state index < -0.39 is 17.9 Å². The minimum absolute atomic E-state index is 0.365. The molecule has 0 rings (SSSR count). The maximum Gasteiger partial charge on any atom is 0.320 e. The van der Waals surface area contributed by atoms with Crippen LogP contribution in [0.4, 0.5) is 0 Å². The molecule has 0 saturated carbocycles. The number of carbonyl (C=O) groups excluding carboxylic acids is 2. The van der Waals surface area contributed by atoms with Gasteiger partial charge in [-0.15, -0.1) is 12.3 Å². The molecule has 0 aliphatic heterocycles. The molecule has 0 saturated heterocycles. The van der Waals surface area contributed by atoms with Crippen molar-refractivity contribution in [2.24, 2.45) is 5.92 Å². The topological polar surface area (TPSA) is 52.6 Å². The lowest BCUT2D eigenvalue weighted by molar-refractivity contribution is -0.159. The Hall–Kier alpha value is -1.50. The minimum Gasteiger partial charge on any atom is -0.468 e. The van der Waals surface area contributed by atoms with Gasteiger partial charge in [-0.3, -0.25) is 9.59 Å². The van der Waals surface area contributed by atoms with Crippen LogP contribution in [0.5, 0.6) is 0 Å². The molecule has 4 heteroatoms. The van der Waals surface area contributed by atoms with E-state index in [4.69, 9.17) is 6.42 Å². The van der Waals surface area contributed by atoms with Crippen molar-refractivity contribution >= 4 is 11.9 Å². The van der Waals surface area contributed by atoms with Gasteiger partial charge in [0.2, 0.25) is 0 Å². The average molecular weight is 198 g/mol. The first-order valence-electron chi connectivity index (χ1n) is 4.26. The summed E-state index contributed by atoms with van der Waals surface area (Å²) in [6.07, 6.45) is 6.55. The number of unbranched alkanes of at least 4 members (excludes halogenated alkanes) is 1. The summed E-state index contributed by atoms with van der Waals surface area (Å²) < 4.78 is 8.95. The first-order chi connectivity index (χ1) is 6.67. The summed E-state index contributed by atoms with van der Waals surface area (Å²) in [6.45, 7) is 0. The lowest BCUT2D eigenvalue weighted by Gasteiger charge is -2.10. The quantitative estimate of drug-likeness (QED) is 0.283. The molecule has 14 heavy (non-hydrogen) atoms. The van der Waals surface area contributed by atoms with Gasteiger partial charge in [-0.2, -0.15) is 0 Å². The second-order valence-electron chi connectivity index (χ2n) is 2.70. The molecule has 0 aliphatic rings. The van der Waals surface area contributed by atoms with Gasteiger partial charge in [-0.1, -0.05) is 0 Å². The third kappa shape index (κ3) is 3.94. The zero-order chi connectivity index (χ0) is 11.0. The summed E-state index contributed by atoms with van der Waals surface area (Å²) in [6, 6.07) is 0. The van der Waals surface area contributed by atoms with Gasteiger partial charge in [0, 0.05) is 6.42 Å². The van der Waals surface area contributed by atoms with Crippen molar-refractivity contribution in [2.45, 2.75) is 19.3 Å². The summed E-state index contributed by atoms with van der Waals surface area (Å²) in [7, 11) is 2.47. The monoisotopic (exact) mass is 198 g/mol. The summed E-state index contributed by atoms with van der Waals surface area (Å²) in [4.78, 5) is 22.3. The maximum atomic E-state index is 11.1. The highest BCUT2D eigenvalue weighted by Gasteiger charge is 2.27. The Morgan fingerprint density at radius 2 is 1.79 bits per heavy atom. The fourth-order valence-electron chi connectivity index (χ4n) is 1.02. The summed E-state index contributed by atoms with van der Waals surface area (Å²) in [5, 5.41) is 0. The minimum atomic E-state index is -0.849. The van der Waals surface area contributed by atoms with Crippen LogP contribution >= 0.6 is 0 Å². The maximum absolute atomic E-state index is 11.1. The number of esters is 2. The molecule has 0 aromatic carbocycles. The Balaban J connectivity index is 4.19. The van der Waals surface area contributed by atoms with E-state index in [9.17, 15) is 9.59 Å². The predicted molar refractivity (Wildman–Crippen MR) is 50.2 cm³/mol. The third-order valence-corrected chi connectivity index (χ3v) is 1.79. The molecule has 78 valence electrons. The van der Waals surface area contributed by atoms with E-state index in [0.29, 0.717) is 19.3 Å². The van der Waals surface area contributed by atoms with Gasteiger partial charge in [0.05, 0.1) is 14.2 Å². The van der Waals surface area contributed by atoms with Crippen LogP contribution in [-0.4, -0.2) is 26.2 Å². The molecule has 0 fully saturated rings. The summed E-state index contributed by atoms with van der Waals surface area (Å²) in [5.74, 6) is 0.434. The van der Waals surface area contributed by atoms with Gasteiger partial charge in [0.25, 0.3) is 0 Å². The van der Waals surface area contributed by atoms with Crippen molar-refractivity contribution in [3.05, 3.63) is 0 Å². The fourth-order valence-corrected chi connectivity index (χ4v) is 1.02. The van der Waals surface area contributed by atoms with Crippen molar-refractivity contribution in [3.8, 4) is 12.3 Å². The van der Waals surface area contributed by atoms with Gasteiger partial charge < -0.3 is 9.47 Å². The van der Waals surface area contributed by atoms with Gasteiger partial charge in [0.15, 0.2) is 5.92 Å². The van der Waals surface area contributed by atoms with Gasteiger partial charge in [-0.25, -0.2) is 0 Å². The molecule has 0 aromatic heterocycles. The molecular formula is C10H14O4. The predicted octanol–water partition coefficient (Wildman–Crippen LogP) is 0.752. The molecule has 0 bridgehead atoms. The first-order valence-corrected chi connectivity index (χ1v) is 4.26. The van der Waals surface area contributed by atoms with E-state index in [1.54, 1.807) is 0 Å². The van der Waals surface area contributed by atoms with E-state index in [-0.39, 0.29) is 0 Å². The number of carbonyl (C=O) groups is 2. The Morgan fingerprint density at radius 3 is 2.14 bits per heavy atom. The van der Waals surface area contributed by atoms with Crippen LogP contribution in [0.15, 0.2) is 0 Å². The molecule has 0 N–H and O–H groups in total. The molecule has 0 radical (unpaired) electrons. The molecule has 4 nitrogen and oxygen atoms in total. The number of hydrogen-bond acceptors (Lipinski definition) is 4.